The van der Waals surface area contributed by atoms with Gasteiger partial charge in [-0.1, -0.05) is 18.7 Å². The second kappa shape index (κ2) is 8.88. The number of aryl methyl sites for hydroxylation is 1. The number of piperidine rings is 1. The van der Waals surface area contributed by atoms with E-state index in [1.807, 2.05) is 36.5 Å². The van der Waals surface area contributed by atoms with E-state index in [0.29, 0.717) is 5.92 Å². The van der Waals surface area contributed by atoms with E-state index in [-0.39, 0.29) is 0 Å². The number of nitrogens with zero attached hydrogens (tertiary/aromatic N) is 6. The zero-order valence-electron chi connectivity index (χ0n) is 18.3. The fraction of sp³-hybridized carbons (Fsp3) is 0.280. The van der Waals surface area contributed by atoms with Gasteiger partial charge >= 0.3 is 0 Å². The molecule has 1 aromatic carbocycles. The van der Waals surface area contributed by atoms with Crippen LogP contribution in [-0.2, 0) is 13.6 Å². The van der Waals surface area contributed by atoms with Crippen molar-refractivity contribution in [3.63, 3.8) is 0 Å². The predicted octanol–water partition coefficient (Wildman–Crippen LogP) is 4.26. The number of rotatable bonds is 6. The monoisotopic (exact) mass is 425 g/mol. The Morgan fingerprint density at radius 1 is 1.03 bits per heavy atom. The molecule has 1 aliphatic heterocycles. The first-order valence-electron chi connectivity index (χ1n) is 11.0. The highest BCUT2D eigenvalue weighted by Crippen LogP contribution is 2.28. The fourth-order valence-corrected chi connectivity index (χ4v) is 4.31. The van der Waals surface area contributed by atoms with Gasteiger partial charge in [0.2, 0.25) is 0 Å². The summed E-state index contributed by atoms with van der Waals surface area (Å²) in [5, 5.41) is 10.0. The Hall–Kier alpha value is -3.58. The van der Waals surface area contributed by atoms with Crippen LogP contribution in [0.5, 0.6) is 0 Å². The van der Waals surface area contributed by atoms with Gasteiger partial charge in [-0.15, -0.1) is 0 Å². The van der Waals surface area contributed by atoms with E-state index in [2.05, 4.69) is 61.1 Å². The fourth-order valence-electron chi connectivity index (χ4n) is 4.31. The van der Waals surface area contributed by atoms with Crippen molar-refractivity contribution in [2.45, 2.75) is 19.4 Å². The SMILES string of the molecule is C=C(Nc1cc2cc(-c3cnn(C)c3)ccc2cn1)C1CCN(Cc2cnccn2)CC1. The van der Waals surface area contributed by atoms with E-state index >= 15 is 0 Å². The molecule has 1 fully saturated rings. The summed E-state index contributed by atoms with van der Waals surface area (Å²) in [6.07, 6.45) is 13.3. The molecule has 0 radical (unpaired) electrons. The molecule has 0 spiro atoms. The molecule has 0 amide bonds. The van der Waals surface area contributed by atoms with Crippen molar-refractivity contribution in [2.24, 2.45) is 13.0 Å². The van der Waals surface area contributed by atoms with Crippen molar-refractivity contribution in [1.82, 2.24) is 29.6 Å². The van der Waals surface area contributed by atoms with Gasteiger partial charge in [-0.2, -0.15) is 5.10 Å². The van der Waals surface area contributed by atoms with Gasteiger partial charge in [0.1, 0.15) is 5.82 Å². The number of hydrogen-bond donors (Lipinski definition) is 1. The maximum absolute atomic E-state index is 4.60. The van der Waals surface area contributed by atoms with Crippen molar-refractivity contribution in [3.8, 4) is 11.1 Å². The molecule has 32 heavy (non-hydrogen) atoms. The summed E-state index contributed by atoms with van der Waals surface area (Å²) in [5.41, 5.74) is 4.32. The molecule has 0 aliphatic carbocycles. The molecule has 1 N–H and O–H groups in total. The van der Waals surface area contributed by atoms with Crippen LogP contribution in [-0.4, -0.2) is 42.7 Å². The Kier molecular flexibility index (Phi) is 5.64. The van der Waals surface area contributed by atoms with Crippen LogP contribution in [0.25, 0.3) is 21.9 Å². The number of nitrogens with one attached hydrogen (secondary N) is 1. The number of fused-ring (bicyclic) bond motifs is 1. The number of pyridine rings is 1. The smallest absolute Gasteiger partial charge is 0.130 e. The van der Waals surface area contributed by atoms with Gasteiger partial charge in [0, 0.05) is 67.1 Å². The van der Waals surface area contributed by atoms with Gasteiger partial charge in [0.05, 0.1) is 11.9 Å². The zero-order valence-corrected chi connectivity index (χ0v) is 18.3. The Morgan fingerprint density at radius 3 is 2.66 bits per heavy atom. The Labute approximate surface area is 187 Å². The number of benzene rings is 1. The summed E-state index contributed by atoms with van der Waals surface area (Å²) < 4.78 is 1.82. The molecule has 162 valence electrons. The third-order valence-corrected chi connectivity index (χ3v) is 6.13. The molecule has 3 aromatic heterocycles. The summed E-state index contributed by atoms with van der Waals surface area (Å²) in [4.78, 5) is 15.6. The third-order valence-electron chi connectivity index (χ3n) is 6.13. The molecule has 4 heterocycles. The number of likely N-dealkylation sites (tertiary alicyclic amines) is 1. The molecule has 0 atom stereocenters. The zero-order chi connectivity index (χ0) is 21.9. The molecule has 0 saturated carbocycles. The van der Waals surface area contributed by atoms with Crippen LogP contribution in [0.3, 0.4) is 0 Å². The Balaban J connectivity index is 1.22. The summed E-state index contributed by atoms with van der Waals surface area (Å²) in [5.74, 6) is 1.28. The van der Waals surface area contributed by atoms with Crippen LogP contribution >= 0.6 is 0 Å². The van der Waals surface area contributed by atoms with Crippen molar-refractivity contribution >= 4 is 16.6 Å². The molecule has 5 rings (SSSR count). The van der Waals surface area contributed by atoms with Crippen molar-refractivity contribution in [2.75, 3.05) is 18.4 Å². The molecule has 7 heteroatoms. The van der Waals surface area contributed by atoms with Gasteiger partial charge in [0.25, 0.3) is 0 Å². The van der Waals surface area contributed by atoms with Gasteiger partial charge in [-0.3, -0.25) is 19.5 Å². The normalized spacial score (nSPS) is 15.2. The lowest BCUT2D eigenvalue weighted by Gasteiger charge is -2.32. The van der Waals surface area contributed by atoms with Gasteiger partial charge < -0.3 is 5.32 Å². The second-order valence-electron chi connectivity index (χ2n) is 8.43. The largest absolute Gasteiger partial charge is 0.344 e. The van der Waals surface area contributed by atoms with E-state index in [4.69, 9.17) is 0 Å². The van der Waals surface area contributed by atoms with Crippen LogP contribution in [0.15, 0.2) is 73.7 Å². The van der Waals surface area contributed by atoms with Gasteiger partial charge in [0.15, 0.2) is 0 Å². The number of aromatic nitrogens is 5. The molecule has 0 unspecified atom stereocenters. The number of anilines is 1. The first kappa shape index (κ1) is 20.3. The topological polar surface area (TPSA) is 71.8 Å². The van der Waals surface area contributed by atoms with E-state index in [9.17, 15) is 0 Å². The highest BCUT2D eigenvalue weighted by molar-refractivity contribution is 5.88. The molecule has 4 aromatic rings. The maximum Gasteiger partial charge on any atom is 0.130 e. The minimum atomic E-state index is 0.437. The lowest BCUT2D eigenvalue weighted by atomic mass is 9.94. The Morgan fingerprint density at radius 2 is 1.91 bits per heavy atom. The molecule has 0 bridgehead atoms. The van der Waals surface area contributed by atoms with Crippen LogP contribution < -0.4 is 5.32 Å². The van der Waals surface area contributed by atoms with Crippen LogP contribution in [0.1, 0.15) is 18.5 Å². The van der Waals surface area contributed by atoms with Crippen LogP contribution in [0.4, 0.5) is 5.82 Å². The summed E-state index contributed by atoms with van der Waals surface area (Å²) in [6, 6.07) is 8.51. The minimum absolute atomic E-state index is 0.437. The molecular formula is C25H27N7. The van der Waals surface area contributed by atoms with E-state index < -0.39 is 0 Å². The summed E-state index contributed by atoms with van der Waals surface area (Å²) in [6.45, 7) is 7.24. The highest BCUT2D eigenvalue weighted by Gasteiger charge is 2.22. The second-order valence-corrected chi connectivity index (χ2v) is 8.43. The van der Waals surface area contributed by atoms with Gasteiger partial charge in [-0.25, -0.2) is 4.98 Å². The number of hydrogen-bond acceptors (Lipinski definition) is 6. The lowest BCUT2D eigenvalue weighted by molar-refractivity contribution is 0.190. The quantitative estimate of drug-likeness (QED) is 0.498. The predicted molar refractivity (Wildman–Crippen MR) is 127 cm³/mol. The van der Waals surface area contributed by atoms with E-state index in [1.54, 1.807) is 12.4 Å². The Bertz CT molecular complexity index is 1220. The summed E-state index contributed by atoms with van der Waals surface area (Å²) >= 11 is 0. The molecule has 1 aliphatic rings. The first-order valence-corrected chi connectivity index (χ1v) is 11.0. The van der Waals surface area contributed by atoms with E-state index in [1.165, 1.54) is 0 Å². The molecule has 7 nitrogen and oxygen atoms in total. The van der Waals surface area contributed by atoms with E-state index in [0.717, 1.165) is 71.6 Å². The van der Waals surface area contributed by atoms with Crippen molar-refractivity contribution in [3.05, 3.63) is 79.4 Å². The average Bonchev–Trinajstić information content (AvgIpc) is 3.26. The number of allylic oxidation sites excluding steroid dienone is 1. The standard InChI is InChI=1S/C25H27N7/c1-18(19-5-9-32(10-6-19)17-24-15-26-7-8-27-24)30-25-12-22-11-20(3-4-21(22)13-28-25)23-14-29-31(2)16-23/h3-4,7-8,11-16,19H,1,5-6,9-10,17H2,2H3,(H,28,30). The minimum Gasteiger partial charge on any atom is -0.344 e. The summed E-state index contributed by atoms with van der Waals surface area (Å²) in [7, 11) is 1.93. The molecular weight excluding hydrogens is 398 g/mol. The van der Waals surface area contributed by atoms with Gasteiger partial charge in [-0.05, 0) is 49.0 Å². The lowest BCUT2D eigenvalue weighted by Crippen LogP contribution is -2.34. The van der Waals surface area contributed by atoms with Crippen molar-refractivity contribution in [1.29, 1.82) is 0 Å². The molecule has 1 saturated heterocycles. The highest BCUT2D eigenvalue weighted by atomic mass is 15.2. The third kappa shape index (κ3) is 4.53. The average molecular weight is 426 g/mol. The van der Waals surface area contributed by atoms with Crippen LogP contribution in [0, 0.1) is 5.92 Å². The first-order chi connectivity index (χ1) is 15.6. The van der Waals surface area contributed by atoms with Crippen molar-refractivity contribution < 1.29 is 0 Å². The van der Waals surface area contributed by atoms with Crippen LogP contribution in [0.2, 0.25) is 0 Å². The maximum atomic E-state index is 4.60.